The van der Waals surface area contributed by atoms with E-state index in [1.54, 1.807) is 21.3 Å². The van der Waals surface area contributed by atoms with Crippen LogP contribution in [-0.4, -0.2) is 65.9 Å². The summed E-state index contributed by atoms with van der Waals surface area (Å²) < 4.78 is 22.5. The second-order valence-corrected chi connectivity index (χ2v) is 10.6. The molecule has 0 bridgehead atoms. The van der Waals surface area contributed by atoms with Crippen LogP contribution < -0.4 is 0 Å². The van der Waals surface area contributed by atoms with E-state index in [1.807, 2.05) is 0 Å². The molecule has 1 fully saturated rings. The molecule has 6 heteroatoms. The predicted octanol–water partition coefficient (Wildman–Crippen LogP) is 2.92. The van der Waals surface area contributed by atoms with Gasteiger partial charge in [0.05, 0.1) is 6.10 Å². The summed E-state index contributed by atoms with van der Waals surface area (Å²) in [5.41, 5.74) is 0.326. The van der Waals surface area contributed by atoms with E-state index in [4.69, 9.17) is 18.0 Å². The van der Waals surface area contributed by atoms with Crippen LogP contribution in [0.1, 0.15) is 47.0 Å². The molecule has 0 spiro atoms. The maximum atomic E-state index is 6.16. The van der Waals surface area contributed by atoms with Crippen LogP contribution in [0.25, 0.3) is 0 Å². The first-order valence-corrected chi connectivity index (χ1v) is 10.1. The standard InChI is InChI=1S/C16H35NO4Si/c1-15(2)12-14(13-16(3,4)17(15)5)21-10-9-11-22(18-6,19-7)20-8/h14H,9-13H2,1-8H3. The van der Waals surface area contributed by atoms with Crippen LogP contribution >= 0.6 is 0 Å². The number of rotatable bonds is 8. The highest BCUT2D eigenvalue weighted by Gasteiger charge is 2.43. The second kappa shape index (κ2) is 7.72. The Kier molecular flexibility index (Phi) is 7.04. The van der Waals surface area contributed by atoms with E-state index in [9.17, 15) is 0 Å². The van der Waals surface area contributed by atoms with Crippen molar-refractivity contribution >= 4 is 8.80 Å². The molecule has 22 heavy (non-hydrogen) atoms. The van der Waals surface area contributed by atoms with Crippen molar-refractivity contribution in [2.45, 2.75) is 70.2 Å². The topological polar surface area (TPSA) is 40.2 Å². The van der Waals surface area contributed by atoms with Gasteiger partial charge in [0.2, 0.25) is 0 Å². The minimum Gasteiger partial charge on any atom is -0.378 e. The monoisotopic (exact) mass is 333 g/mol. The maximum Gasteiger partial charge on any atom is 0.500 e. The van der Waals surface area contributed by atoms with Crippen molar-refractivity contribution in [3.8, 4) is 0 Å². The number of piperidine rings is 1. The zero-order chi connectivity index (χ0) is 17.0. The maximum absolute atomic E-state index is 6.16. The Balaban J connectivity index is 2.46. The molecule has 0 atom stereocenters. The smallest absolute Gasteiger partial charge is 0.378 e. The summed E-state index contributed by atoms with van der Waals surface area (Å²) in [5.74, 6) is 0. The molecule has 0 N–H and O–H groups in total. The van der Waals surface area contributed by atoms with Gasteiger partial charge in [0.1, 0.15) is 0 Å². The Morgan fingerprint density at radius 3 is 1.82 bits per heavy atom. The fourth-order valence-corrected chi connectivity index (χ4v) is 5.18. The first-order chi connectivity index (χ1) is 10.1. The van der Waals surface area contributed by atoms with Gasteiger partial charge in [0, 0.05) is 45.1 Å². The summed E-state index contributed by atoms with van der Waals surface area (Å²) in [5, 5.41) is 0. The molecule has 1 rings (SSSR count). The minimum atomic E-state index is -2.46. The van der Waals surface area contributed by atoms with Crippen LogP contribution in [0.15, 0.2) is 0 Å². The molecule has 1 aliphatic rings. The van der Waals surface area contributed by atoms with Crippen LogP contribution in [0.5, 0.6) is 0 Å². The van der Waals surface area contributed by atoms with E-state index in [-0.39, 0.29) is 11.1 Å². The zero-order valence-corrected chi connectivity index (χ0v) is 16.7. The lowest BCUT2D eigenvalue weighted by atomic mass is 9.79. The first-order valence-electron chi connectivity index (χ1n) is 8.13. The van der Waals surface area contributed by atoms with E-state index >= 15 is 0 Å². The van der Waals surface area contributed by atoms with Crippen LogP contribution in [0.3, 0.4) is 0 Å². The van der Waals surface area contributed by atoms with E-state index in [2.05, 4.69) is 39.6 Å². The predicted molar refractivity (Wildman–Crippen MR) is 91.1 cm³/mol. The number of nitrogens with zero attached hydrogens (tertiary/aromatic N) is 1. The zero-order valence-electron chi connectivity index (χ0n) is 15.7. The van der Waals surface area contributed by atoms with Gasteiger partial charge >= 0.3 is 8.80 Å². The molecule has 0 unspecified atom stereocenters. The van der Waals surface area contributed by atoms with E-state index < -0.39 is 8.80 Å². The van der Waals surface area contributed by atoms with Gasteiger partial charge in [-0.15, -0.1) is 0 Å². The van der Waals surface area contributed by atoms with Crippen LogP contribution in [0.2, 0.25) is 6.04 Å². The Bertz CT molecular complexity index is 319. The molecule has 1 heterocycles. The normalized spacial score (nSPS) is 22.9. The lowest BCUT2D eigenvalue weighted by Crippen LogP contribution is -2.60. The quantitative estimate of drug-likeness (QED) is 0.504. The Morgan fingerprint density at radius 1 is 0.955 bits per heavy atom. The molecule has 132 valence electrons. The van der Waals surface area contributed by atoms with Crippen LogP contribution in [0.4, 0.5) is 0 Å². The average molecular weight is 334 g/mol. The van der Waals surface area contributed by atoms with Crippen LogP contribution in [0, 0.1) is 0 Å². The molecular formula is C16H35NO4Si. The molecule has 0 aromatic heterocycles. The molecule has 5 nitrogen and oxygen atoms in total. The first kappa shape index (κ1) is 20.1. The lowest BCUT2D eigenvalue weighted by Gasteiger charge is -2.53. The molecule has 1 saturated heterocycles. The van der Waals surface area contributed by atoms with Gasteiger partial charge in [-0.05, 0) is 54.0 Å². The molecular weight excluding hydrogens is 298 g/mol. The molecule has 0 amide bonds. The number of hydrogen-bond donors (Lipinski definition) is 0. The van der Waals surface area contributed by atoms with Crippen molar-refractivity contribution in [2.75, 3.05) is 35.0 Å². The number of likely N-dealkylation sites (tertiary alicyclic amines) is 1. The van der Waals surface area contributed by atoms with Crippen LogP contribution in [-0.2, 0) is 18.0 Å². The third-order valence-electron chi connectivity index (χ3n) is 5.18. The van der Waals surface area contributed by atoms with E-state index in [0.29, 0.717) is 6.10 Å². The summed E-state index contributed by atoms with van der Waals surface area (Å²) in [4.78, 5) is 2.47. The van der Waals surface area contributed by atoms with Gasteiger partial charge in [-0.2, -0.15) is 0 Å². The van der Waals surface area contributed by atoms with Gasteiger partial charge in [-0.25, -0.2) is 0 Å². The SMILES string of the molecule is CO[Si](CCCOC1CC(C)(C)N(C)C(C)(C)C1)(OC)OC. The van der Waals surface area contributed by atoms with Crippen molar-refractivity contribution in [1.29, 1.82) is 0 Å². The van der Waals surface area contributed by atoms with E-state index in [0.717, 1.165) is 31.9 Å². The largest absolute Gasteiger partial charge is 0.500 e. The minimum absolute atomic E-state index is 0.163. The highest BCUT2D eigenvalue weighted by molar-refractivity contribution is 6.60. The van der Waals surface area contributed by atoms with Crippen molar-refractivity contribution in [3.05, 3.63) is 0 Å². The van der Waals surface area contributed by atoms with Gasteiger partial charge in [0.25, 0.3) is 0 Å². The van der Waals surface area contributed by atoms with E-state index in [1.165, 1.54) is 0 Å². The average Bonchev–Trinajstić information content (AvgIpc) is 2.45. The molecule has 0 aliphatic carbocycles. The molecule has 1 aliphatic heterocycles. The second-order valence-electron chi connectivity index (χ2n) is 7.48. The summed E-state index contributed by atoms with van der Waals surface area (Å²) in [6, 6.07) is 0.788. The van der Waals surface area contributed by atoms with Gasteiger partial charge in [-0.1, -0.05) is 0 Å². The molecule has 0 radical (unpaired) electrons. The Morgan fingerprint density at radius 2 is 1.41 bits per heavy atom. The molecule has 0 aromatic carbocycles. The highest BCUT2D eigenvalue weighted by atomic mass is 28.4. The van der Waals surface area contributed by atoms with Gasteiger partial charge in [-0.3, -0.25) is 4.90 Å². The Hall–Kier alpha value is 0.0169. The fourth-order valence-electron chi connectivity index (χ4n) is 3.49. The summed E-state index contributed by atoms with van der Waals surface area (Å²) >= 11 is 0. The van der Waals surface area contributed by atoms with Crippen molar-refractivity contribution in [1.82, 2.24) is 4.90 Å². The molecule has 0 saturated carbocycles. The van der Waals surface area contributed by atoms with Gasteiger partial charge in [0.15, 0.2) is 0 Å². The summed E-state index contributed by atoms with van der Waals surface area (Å²) in [6.45, 7) is 9.91. The third-order valence-corrected chi connectivity index (χ3v) is 8.02. The van der Waals surface area contributed by atoms with Crippen molar-refractivity contribution in [2.24, 2.45) is 0 Å². The molecule has 0 aromatic rings. The number of ether oxygens (including phenoxy) is 1. The Labute approximate surface area is 137 Å². The third kappa shape index (κ3) is 4.76. The summed E-state index contributed by atoms with van der Waals surface area (Å²) in [7, 11) is 4.72. The fraction of sp³-hybridized carbons (Fsp3) is 1.00. The lowest BCUT2D eigenvalue weighted by molar-refractivity contribution is -0.0915. The van der Waals surface area contributed by atoms with Crippen molar-refractivity contribution in [3.63, 3.8) is 0 Å². The van der Waals surface area contributed by atoms with Gasteiger partial charge < -0.3 is 18.0 Å². The highest BCUT2D eigenvalue weighted by Crippen LogP contribution is 2.38. The van der Waals surface area contributed by atoms with Crippen molar-refractivity contribution < 1.29 is 18.0 Å². The summed E-state index contributed by atoms with van der Waals surface area (Å²) in [6.07, 6.45) is 3.34. The number of hydrogen-bond acceptors (Lipinski definition) is 5.